The van der Waals surface area contributed by atoms with Crippen molar-refractivity contribution in [3.05, 3.63) is 36.5 Å². The highest BCUT2D eigenvalue weighted by atomic mass is 16.6. The predicted molar refractivity (Wildman–Crippen MR) is 92.3 cm³/mol. The Labute approximate surface area is 139 Å². The summed E-state index contributed by atoms with van der Waals surface area (Å²) >= 11 is 0. The van der Waals surface area contributed by atoms with Gasteiger partial charge in [0, 0.05) is 35.4 Å². The Morgan fingerprint density at radius 3 is 3.00 bits per heavy atom. The standard InChI is InChI=1S/C18H17N4O2/c1-2-13(17-15(3-1)23-8-9-24-17)21-16-10-14(20-11-4-5-11)12-6-7-19-18(12)22-16/h1-2,6-7,10-11H,4-5,8-9H2,(H3,19,20,21,22). The summed E-state index contributed by atoms with van der Waals surface area (Å²) < 4.78 is 11.3. The first-order valence-electron chi connectivity index (χ1n) is 8.19. The number of rotatable bonds is 4. The van der Waals surface area contributed by atoms with Crippen LogP contribution in [0.25, 0.3) is 11.0 Å². The fourth-order valence-electron chi connectivity index (χ4n) is 2.91. The summed E-state index contributed by atoms with van der Waals surface area (Å²) in [5, 5.41) is 8.03. The lowest BCUT2D eigenvalue weighted by atomic mass is 10.2. The molecule has 1 aliphatic carbocycles. The zero-order valence-corrected chi connectivity index (χ0v) is 13.1. The van der Waals surface area contributed by atoms with E-state index in [1.54, 1.807) is 0 Å². The van der Waals surface area contributed by atoms with Gasteiger partial charge in [-0.05, 0) is 31.0 Å². The van der Waals surface area contributed by atoms with E-state index >= 15 is 0 Å². The smallest absolute Gasteiger partial charge is 0.185 e. The molecule has 0 atom stereocenters. The number of ether oxygens (including phenoxy) is 2. The summed E-state index contributed by atoms with van der Waals surface area (Å²) in [5.41, 5.74) is 2.79. The highest BCUT2D eigenvalue weighted by molar-refractivity contribution is 5.92. The van der Waals surface area contributed by atoms with E-state index in [1.165, 1.54) is 12.8 Å². The van der Waals surface area contributed by atoms with Crippen LogP contribution < -0.4 is 20.1 Å². The molecule has 3 aromatic rings. The summed E-state index contributed by atoms with van der Waals surface area (Å²) in [6.45, 7) is 1.09. The van der Waals surface area contributed by atoms with Crippen LogP contribution in [-0.2, 0) is 0 Å². The Hall–Kier alpha value is -2.89. The van der Waals surface area contributed by atoms with E-state index in [0.29, 0.717) is 30.8 Å². The monoisotopic (exact) mass is 321 g/mol. The van der Waals surface area contributed by atoms with E-state index in [9.17, 15) is 0 Å². The molecule has 1 aromatic carbocycles. The number of nitrogens with zero attached hydrogens (tertiary/aromatic N) is 1. The minimum absolute atomic E-state index is 0.539. The van der Waals surface area contributed by atoms with E-state index in [0.717, 1.165) is 28.2 Å². The van der Waals surface area contributed by atoms with Gasteiger partial charge in [0.25, 0.3) is 0 Å². The van der Waals surface area contributed by atoms with E-state index in [4.69, 9.17) is 9.47 Å². The number of hydrogen-bond donors (Lipinski definition) is 3. The molecule has 121 valence electrons. The third-order valence-electron chi connectivity index (χ3n) is 4.22. The van der Waals surface area contributed by atoms with Gasteiger partial charge in [0.05, 0.1) is 5.69 Å². The lowest BCUT2D eigenvalue weighted by Gasteiger charge is -2.21. The highest BCUT2D eigenvalue weighted by Gasteiger charge is 2.22. The first-order valence-corrected chi connectivity index (χ1v) is 8.19. The second kappa shape index (κ2) is 5.33. The molecule has 5 rings (SSSR count). The fraction of sp³-hybridized carbons (Fsp3) is 0.278. The van der Waals surface area contributed by atoms with Crippen molar-refractivity contribution in [2.24, 2.45) is 0 Å². The Bertz CT molecular complexity index is 901. The maximum absolute atomic E-state index is 5.73. The van der Waals surface area contributed by atoms with Gasteiger partial charge in [-0.3, -0.25) is 0 Å². The van der Waals surface area contributed by atoms with E-state index in [2.05, 4.69) is 26.7 Å². The second-order valence-electron chi connectivity index (χ2n) is 6.09. The van der Waals surface area contributed by atoms with Crippen LogP contribution in [0.4, 0.5) is 17.2 Å². The van der Waals surface area contributed by atoms with Crippen LogP contribution >= 0.6 is 0 Å². The van der Waals surface area contributed by atoms with Gasteiger partial charge < -0.3 is 25.1 Å². The fourth-order valence-corrected chi connectivity index (χ4v) is 2.91. The summed E-state index contributed by atoms with van der Waals surface area (Å²) in [6.07, 6.45) is 4.37. The first-order chi connectivity index (χ1) is 11.9. The molecule has 24 heavy (non-hydrogen) atoms. The summed E-state index contributed by atoms with van der Waals surface area (Å²) in [6, 6.07) is 11.5. The number of fused-ring (bicyclic) bond motifs is 2. The van der Waals surface area contributed by atoms with Gasteiger partial charge in [0.2, 0.25) is 0 Å². The van der Waals surface area contributed by atoms with E-state index in [-0.39, 0.29) is 0 Å². The van der Waals surface area contributed by atoms with Crippen LogP contribution in [0, 0.1) is 6.07 Å². The number of anilines is 3. The number of aromatic amines is 1. The maximum Gasteiger partial charge on any atom is 0.185 e. The van der Waals surface area contributed by atoms with E-state index < -0.39 is 0 Å². The molecule has 3 heterocycles. The third-order valence-corrected chi connectivity index (χ3v) is 4.22. The molecule has 1 aliphatic heterocycles. The van der Waals surface area contributed by atoms with Gasteiger partial charge in [-0.1, -0.05) is 0 Å². The number of nitrogens with one attached hydrogen (secondary N) is 3. The summed E-state index contributed by atoms with van der Waals surface area (Å²) in [7, 11) is 0. The van der Waals surface area contributed by atoms with Gasteiger partial charge in [0.15, 0.2) is 11.5 Å². The van der Waals surface area contributed by atoms with Crippen LogP contribution in [0.5, 0.6) is 11.5 Å². The molecule has 1 radical (unpaired) electrons. The normalized spacial score (nSPS) is 16.2. The van der Waals surface area contributed by atoms with Crippen molar-refractivity contribution in [3.63, 3.8) is 0 Å². The zero-order chi connectivity index (χ0) is 15.9. The van der Waals surface area contributed by atoms with Crippen molar-refractivity contribution in [2.45, 2.75) is 18.9 Å². The molecule has 3 N–H and O–H groups in total. The Morgan fingerprint density at radius 2 is 2.08 bits per heavy atom. The van der Waals surface area contributed by atoms with Crippen molar-refractivity contribution >= 4 is 28.2 Å². The zero-order valence-electron chi connectivity index (χ0n) is 13.1. The van der Waals surface area contributed by atoms with Crippen molar-refractivity contribution in [1.29, 1.82) is 0 Å². The lowest BCUT2D eigenvalue weighted by Crippen LogP contribution is -2.16. The molecule has 1 saturated carbocycles. The van der Waals surface area contributed by atoms with Gasteiger partial charge in [-0.25, -0.2) is 4.98 Å². The van der Waals surface area contributed by atoms with Crippen LogP contribution in [0.1, 0.15) is 12.8 Å². The molecule has 0 saturated heterocycles. The van der Waals surface area contributed by atoms with Crippen LogP contribution in [-0.4, -0.2) is 29.2 Å². The maximum atomic E-state index is 5.73. The SMILES string of the molecule is [c]1ccc(Nc2cc(NC3CC3)c3cc[nH]c3n2)c2c1OCCO2. The largest absolute Gasteiger partial charge is 0.485 e. The highest BCUT2D eigenvalue weighted by Crippen LogP contribution is 2.39. The van der Waals surface area contributed by atoms with Gasteiger partial charge in [-0.15, -0.1) is 0 Å². The summed E-state index contributed by atoms with van der Waals surface area (Å²) in [5.74, 6) is 2.09. The molecule has 2 aliphatic rings. The topological polar surface area (TPSA) is 71.2 Å². The minimum atomic E-state index is 0.539. The number of hydrogen-bond acceptors (Lipinski definition) is 5. The molecule has 0 amide bonds. The molecule has 0 spiro atoms. The van der Waals surface area contributed by atoms with Crippen LogP contribution in [0.2, 0.25) is 0 Å². The van der Waals surface area contributed by atoms with Crippen molar-refractivity contribution < 1.29 is 9.47 Å². The van der Waals surface area contributed by atoms with Crippen LogP contribution in [0.15, 0.2) is 30.5 Å². The van der Waals surface area contributed by atoms with Crippen molar-refractivity contribution in [1.82, 2.24) is 9.97 Å². The van der Waals surface area contributed by atoms with Crippen molar-refractivity contribution in [2.75, 3.05) is 23.8 Å². The molecular formula is C18H17N4O2. The first kappa shape index (κ1) is 13.5. The number of aromatic nitrogens is 2. The van der Waals surface area contributed by atoms with Gasteiger partial charge >= 0.3 is 0 Å². The predicted octanol–water partition coefficient (Wildman–Crippen LogP) is 3.45. The average molecular weight is 321 g/mol. The minimum Gasteiger partial charge on any atom is -0.485 e. The molecule has 0 bridgehead atoms. The third kappa shape index (κ3) is 2.40. The number of pyridine rings is 1. The van der Waals surface area contributed by atoms with Gasteiger partial charge in [0.1, 0.15) is 24.7 Å². The van der Waals surface area contributed by atoms with Crippen molar-refractivity contribution in [3.8, 4) is 11.5 Å². The second-order valence-corrected chi connectivity index (χ2v) is 6.09. The number of H-pyrrole nitrogens is 1. The van der Waals surface area contributed by atoms with Crippen LogP contribution in [0.3, 0.4) is 0 Å². The molecular weight excluding hydrogens is 304 g/mol. The summed E-state index contributed by atoms with van der Waals surface area (Å²) in [4.78, 5) is 7.84. The average Bonchev–Trinajstić information content (AvgIpc) is 3.29. The Morgan fingerprint density at radius 1 is 1.17 bits per heavy atom. The molecule has 2 aromatic heterocycles. The molecule has 0 unspecified atom stereocenters. The quantitative estimate of drug-likeness (QED) is 0.686. The number of benzene rings is 1. The molecule has 6 nitrogen and oxygen atoms in total. The lowest BCUT2D eigenvalue weighted by molar-refractivity contribution is 0.172. The Kier molecular flexibility index (Phi) is 3.01. The van der Waals surface area contributed by atoms with Gasteiger partial charge in [-0.2, -0.15) is 0 Å². The molecule has 1 fully saturated rings. The van der Waals surface area contributed by atoms with E-state index in [1.807, 2.05) is 30.5 Å². The Balaban J connectivity index is 1.53. The molecule has 6 heteroatoms.